The van der Waals surface area contributed by atoms with Crippen LogP contribution in [0.1, 0.15) is 46.0 Å². The molecule has 0 aromatic rings. The zero-order chi connectivity index (χ0) is 22.7. The largest absolute Gasteiger partial charge is 0.390 e. The first-order chi connectivity index (χ1) is 13.8. The van der Waals surface area contributed by atoms with Crippen molar-refractivity contribution in [2.75, 3.05) is 32.1 Å². The Kier molecular flexibility index (Phi) is 10.1. The molecule has 0 saturated carbocycles. The SMILES string of the molecule is BB[C@@H]1O[C@H](CCCC[C@H]2[C@@H](C)[C@H](B)O[C@@H]2CCP(=C)(C)CP(=C)(C)C)[C@@H](O)[C@H]1C. The maximum absolute atomic E-state index is 10.5. The van der Waals surface area contributed by atoms with E-state index >= 15 is 0 Å². The van der Waals surface area contributed by atoms with E-state index in [4.69, 9.17) is 9.47 Å². The van der Waals surface area contributed by atoms with Crippen LogP contribution in [0.3, 0.4) is 0 Å². The summed E-state index contributed by atoms with van der Waals surface area (Å²) in [7, 11) is 5.39. The topological polar surface area (TPSA) is 38.7 Å². The fourth-order valence-electron chi connectivity index (χ4n) is 5.77. The van der Waals surface area contributed by atoms with Crippen molar-refractivity contribution in [2.24, 2.45) is 17.8 Å². The van der Waals surface area contributed by atoms with Crippen LogP contribution in [0.5, 0.6) is 0 Å². The molecule has 0 aromatic heterocycles. The van der Waals surface area contributed by atoms with E-state index < -0.39 is 13.8 Å². The number of hydrogen-bond donors (Lipinski definition) is 1. The smallest absolute Gasteiger partial charge is 0.139 e. The van der Waals surface area contributed by atoms with Crippen molar-refractivity contribution in [1.82, 2.24) is 0 Å². The summed E-state index contributed by atoms with van der Waals surface area (Å²) in [5.74, 6) is 2.79. The Balaban J connectivity index is 1.81. The highest BCUT2D eigenvalue weighted by molar-refractivity contribution is 7.88. The van der Waals surface area contributed by atoms with Crippen LogP contribution in [0, 0.1) is 17.8 Å². The molecule has 1 unspecified atom stereocenters. The fourth-order valence-corrected chi connectivity index (χ4v) is 14.6. The second kappa shape index (κ2) is 11.2. The molecule has 8 heteroatoms. The number of aliphatic hydroxyl groups excluding tert-OH is 1. The van der Waals surface area contributed by atoms with E-state index in [1.54, 1.807) is 0 Å². The Hall–Kier alpha value is 0.675. The van der Waals surface area contributed by atoms with Crippen molar-refractivity contribution >= 4 is 49.1 Å². The summed E-state index contributed by atoms with van der Waals surface area (Å²) in [6, 6.07) is 0.585. The van der Waals surface area contributed by atoms with Gasteiger partial charge in [-0.1, -0.05) is 26.7 Å². The van der Waals surface area contributed by atoms with Gasteiger partial charge in [-0.25, -0.2) is 0 Å². The number of ether oxygens (including phenoxy) is 2. The second-order valence-electron chi connectivity index (χ2n) is 11.4. The van der Waals surface area contributed by atoms with Gasteiger partial charge in [0.1, 0.15) is 15.0 Å². The van der Waals surface area contributed by atoms with Gasteiger partial charge in [-0.2, -0.15) is 0 Å². The molecule has 2 rings (SSSR count). The summed E-state index contributed by atoms with van der Waals surface area (Å²) in [5.41, 5.74) is 0. The molecule has 0 bridgehead atoms. The molecule has 1 N–H and O–H groups in total. The Morgan fingerprint density at radius 3 is 2.17 bits per heavy atom. The highest BCUT2D eigenvalue weighted by atomic mass is 31.2. The highest BCUT2D eigenvalue weighted by Gasteiger charge is 2.40. The van der Waals surface area contributed by atoms with E-state index in [1.165, 1.54) is 24.9 Å². The molecule has 0 radical (unpaired) electrons. The summed E-state index contributed by atoms with van der Waals surface area (Å²) < 4.78 is 12.5. The summed E-state index contributed by atoms with van der Waals surface area (Å²) >= 11 is 0. The van der Waals surface area contributed by atoms with Gasteiger partial charge < -0.3 is 14.6 Å². The molecule has 2 aliphatic rings. The molecule has 0 spiro atoms. The monoisotopic (exact) mass is 454 g/mol. The summed E-state index contributed by atoms with van der Waals surface area (Å²) in [6.45, 7) is 9.42. The van der Waals surface area contributed by atoms with Crippen molar-refractivity contribution in [3.8, 4) is 0 Å². The molecule has 2 saturated heterocycles. The van der Waals surface area contributed by atoms with Crippen molar-refractivity contribution in [2.45, 2.75) is 76.3 Å². The average Bonchev–Trinajstić information content (AvgIpc) is 3.05. The van der Waals surface area contributed by atoms with Gasteiger partial charge in [-0.3, -0.25) is 0 Å². The Morgan fingerprint density at radius 1 is 0.967 bits per heavy atom. The zero-order valence-corrected chi connectivity index (χ0v) is 22.6. The lowest BCUT2D eigenvalue weighted by molar-refractivity contribution is 0.0237. The predicted octanol–water partition coefficient (Wildman–Crippen LogP) is 2.00. The molecule has 9 atom stereocenters. The second-order valence-corrected chi connectivity index (χ2v) is 20.1. The first-order valence-electron chi connectivity index (χ1n) is 12.2. The van der Waals surface area contributed by atoms with E-state index in [-0.39, 0.29) is 24.1 Å². The van der Waals surface area contributed by atoms with E-state index in [0.717, 1.165) is 26.4 Å². The Labute approximate surface area is 189 Å². The maximum atomic E-state index is 10.5. The molecular formula is C22H47B3O3P2. The minimum absolute atomic E-state index is 0.0305. The molecule has 2 fully saturated rings. The van der Waals surface area contributed by atoms with Crippen molar-refractivity contribution < 1.29 is 14.6 Å². The van der Waals surface area contributed by atoms with Crippen LogP contribution in [0.15, 0.2) is 0 Å². The molecule has 0 aromatic carbocycles. The van der Waals surface area contributed by atoms with Crippen LogP contribution in [-0.2, 0) is 9.47 Å². The Morgan fingerprint density at radius 2 is 1.60 bits per heavy atom. The maximum Gasteiger partial charge on any atom is 0.139 e. The van der Waals surface area contributed by atoms with Crippen LogP contribution in [0.25, 0.3) is 0 Å². The standard InChI is InChI=1S/C22H47B3O3P2/c1-15-17(10-8-9-11-19-20(26)16(2)22(25-24)28-19)18(27-21(15)23)12-13-30(6,7)14-29(3,4)5/h15-22,25-26H,3,6,8-14,23-24H2,1-2,4-5,7H3/t15-,16-,17+,18-,19-,20+,21-,22-,30?/m1/s1. The first kappa shape index (κ1) is 26.9. The lowest BCUT2D eigenvalue weighted by atomic mass is 9.49. The number of aliphatic hydroxyl groups is 1. The van der Waals surface area contributed by atoms with Gasteiger partial charge >= 0.3 is 0 Å². The van der Waals surface area contributed by atoms with Crippen LogP contribution in [-0.4, -0.2) is 103 Å². The van der Waals surface area contributed by atoms with Crippen LogP contribution in [0.4, 0.5) is 0 Å². The number of unbranched alkanes of at least 4 members (excludes halogenated alkanes) is 1. The van der Waals surface area contributed by atoms with Gasteiger partial charge in [0.25, 0.3) is 0 Å². The van der Waals surface area contributed by atoms with Crippen molar-refractivity contribution in [1.29, 1.82) is 0 Å². The molecule has 0 amide bonds. The number of rotatable bonds is 11. The molecule has 172 valence electrons. The summed E-state index contributed by atoms with van der Waals surface area (Å²) in [4.78, 5) is 0. The normalized spacial score (nSPS) is 39.1. The molecule has 2 aliphatic heterocycles. The van der Waals surface area contributed by atoms with Gasteiger partial charge in [-0.05, 0) is 63.2 Å². The zero-order valence-electron chi connectivity index (χ0n) is 20.8. The van der Waals surface area contributed by atoms with Gasteiger partial charge in [0.05, 0.1) is 26.0 Å². The molecule has 30 heavy (non-hydrogen) atoms. The summed E-state index contributed by atoms with van der Waals surface area (Å²) in [5, 5.41) is 10.5. The van der Waals surface area contributed by atoms with Gasteiger partial charge in [-0.15, -0.1) is 26.4 Å². The predicted molar refractivity (Wildman–Crippen MR) is 148 cm³/mol. The van der Waals surface area contributed by atoms with Crippen molar-refractivity contribution in [3.05, 3.63) is 0 Å². The van der Waals surface area contributed by atoms with E-state index in [2.05, 4.69) is 62.0 Å². The van der Waals surface area contributed by atoms with E-state index in [1.807, 2.05) is 0 Å². The van der Waals surface area contributed by atoms with Crippen molar-refractivity contribution in [3.63, 3.8) is 0 Å². The first-order valence-corrected chi connectivity index (χ1v) is 18.0. The lowest BCUT2D eigenvalue weighted by Gasteiger charge is -2.28. The molecule has 0 aliphatic carbocycles. The minimum Gasteiger partial charge on any atom is -0.390 e. The fraction of sp³-hybridized carbons (Fsp3) is 0.909. The Bertz CT molecular complexity index is 641. The molecule has 3 nitrogen and oxygen atoms in total. The van der Waals surface area contributed by atoms with Gasteiger partial charge in [0.2, 0.25) is 0 Å². The third-order valence-electron chi connectivity index (χ3n) is 7.49. The number of hydrogen-bond acceptors (Lipinski definition) is 3. The third-order valence-corrected chi connectivity index (χ3v) is 14.6. The average molecular weight is 454 g/mol. The minimum atomic E-state index is -1.14. The molecule has 2 heterocycles. The summed E-state index contributed by atoms with van der Waals surface area (Å²) in [6.07, 6.45) is 16.1. The van der Waals surface area contributed by atoms with E-state index in [0.29, 0.717) is 23.9 Å². The van der Waals surface area contributed by atoms with E-state index in [9.17, 15) is 5.11 Å². The van der Waals surface area contributed by atoms with Gasteiger partial charge in [0, 0.05) is 17.9 Å². The quantitative estimate of drug-likeness (QED) is 0.295. The van der Waals surface area contributed by atoms with Crippen LogP contribution < -0.4 is 0 Å². The molecular weight excluding hydrogens is 407 g/mol. The van der Waals surface area contributed by atoms with Crippen LogP contribution in [0.2, 0.25) is 0 Å². The lowest BCUT2D eigenvalue weighted by Crippen LogP contribution is -2.27. The third kappa shape index (κ3) is 7.62. The highest BCUT2D eigenvalue weighted by Crippen LogP contribution is 2.55. The van der Waals surface area contributed by atoms with Crippen LogP contribution >= 0.6 is 13.8 Å². The van der Waals surface area contributed by atoms with Gasteiger partial charge in [0.15, 0.2) is 0 Å².